The topological polar surface area (TPSA) is 44.8 Å². The lowest BCUT2D eigenvalue weighted by Crippen LogP contribution is -2.51. The van der Waals surface area contributed by atoms with Gasteiger partial charge in [0.15, 0.2) is 22.9 Å². The van der Waals surface area contributed by atoms with Crippen LogP contribution in [0, 0.1) is 0 Å². The molecule has 1 heterocycles. The van der Waals surface area contributed by atoms with Crippen molar-refractivity contribution in [2.45, 2.75) is 116 Å². The van der Waals surface area contributed by atoms with Crippen LogP contribution in [0.4, 0.5) is 0 Å². The van der Waals surface area contributed by atoms with Gasteiger partial charge in [-0.05, 0) is 42.7 Å². The molecule has 0 N–H and O–H groups in total. The van der Waals surface area contributed by atoms with Gasteiger partial charge in [-0.15, -0.1) is 0 Å². The fraction of sp³-hybridized carbons (Fsp3) is 0.947. The Morgan fingerprint density at radius 2 is 1.40 bits per heavy atom. The molecule has 0 aliphatic carbocycles. The standard InChI is InChI=1S/C19H40O4Si2/c1-18(2,3)24(7,8)22-16-13-15(11-12-20)21-17(14-16)23-25(9,10)19(4,5)6/h12,15-17H,11,13-14H2,1-10H3/t15-,16+,17+/m0/s1. The fourth-order valence-electron chi connectivity index (χ4n) is 2.46. The molecule has 0 amide bonds. The molecule has 0 saturated carbocycles. The van der Waals surface area contributed by atoms with Gasteiger partial charge in [0.1, 0.15) is 6.29 Å². The molecule has 0 aromatic carbocycles. The highest BCUT2D eigenvalue weighted by molar-refractivity contribution is 6.74. The minimum Gasteiger partial charge on any atom is -0.414 e. The Morgan fingerprint density at radius 3 is 1.84 bits per heavy atom. The van der Waals surface area contributed by atoms with Crippen molar-refractivity contribution in [2.24, 2.45) is 0 Å². The maximum absolute atomic E-state index is 11.0. The third-order valence-electron chi connectivity index (χ3n) is 6.18. The Morgan fingerprint density at radius 1 is 0.920 bits per heavy atom. The summed E-state index contributed by atoms with van der Waals surface area (Å²) in [5.41, 5.74) is 0. The number of rotatable bonds is 6. The van der Waals surface area contributed by atoms with Crippen LogP contribution in [0.1, 0.15) is 60.8 Å². The second-order valence-electron chi connectivity index (χ2n) is 10.4. The van der Waals surface area contributed by atoms with Crippen molar-refractivity contribution in [1.82, 2.24) is 0 Å². The number of hydrogen-bond acceptors (Lipinski definition) is 4. The molecule has 148 valence electrons. The Labute approximate surface area is 157 Å². The maximum Gasteiger partial charge on any atom is 0.195 e. The predicted molar refractivity (Wildman–Crippen MR) is 109 cm³/mol. The van der Waals surface area contributed by atoms with Crippen LogP contribution in [0.25, 0.3) is 0 Å². The predicted octanol–water partition coefficient (Wildman–Crippen LogP) is 5.49. The van der Waals surface area contributed by atoms with Crippen LogP contribution in [0.15, 0.2) is 0 Å². The SMILES string of the molecule is CC(C)(C)[Si](C)(C)O[C@@H]1C[C@H](CC=O)O[C@H](O[Si](C)(C)C(C)(C)C)C1. The van der Waals surface area contributed by atoms with E-state index in [0.717, 1.165) is 19.1 Å². The largest absolute Gasteiger partial charge is 0.414 e. The number of hydrogen-bond donors (Lipinski definition) is 0. The number of carbonyl (C=O) groups is 1. The van der Waals surface area contributed by atoms with Gasteiger partial charge in [0, 0.05) is 12.8 Å². The van der Waals surface area contributed by atoms with Gasteiger partial charge >= 0.3 is 0 Å². The van der Waals surface area contributed by atoms with Gasteiger partial charge in [-0.3, -0.25) is 0 Å². The average Bonchev–Trinajstić information content (AvgIpc) is 2.34. The summed E-state index contributed by atoms with van der Waals surface area (Å²) in [5.74, 6) is 0. The maximum atomic E-state index is 11.0. The molecule has 1 saturated heterocycles. The zero-order valence-electron chi connectivity index (χ0n) is 18.1. The summed E-state index contributed by atoms with van der Waals surface area (Å²) in [6, 6.07) is 0. The van der Waals surface area contributed by atoms with E-state index in [1.54, 1.807) is 0 Å². The first kappa shape index (κ1) is 23.0. The highest BCUT2D eigenvalue weighted by Crippen LogP contribution is 2.41. The van der Waals surface area contributed by atoms with Crippen LogP contribution >= 0.6 is 0 Å². The Kier molecular flexibility index (Phi) is 7.30. The fourth-order valence-corrected chi connectivity index (χ4v) is 5.00. The van der Waals surface area contributed by atoms with E-state index >= 15 is 0 Å². The molecule has 6 heteroatoms. The van der Waals surface area contributed by atoms with E-state index in [9.17, 15) is 4.79 Å². The third-order valence-corrected chi connectivity index (χ3v) is 15.2. The first-order valence-electron chi connectivity index (χ1n) is 9.54. The smallest absolute Gasteiger partial charge is 0.195 e. The van der Waals surface area contributed by atoms with E-state index in [0.29, 0.717) is 6.42 Å². The monoisotopic (exact) mass is 388 g/mol. The number of ether oxygens (including phenoxy) is 1. The van der Waals surface area contributed by atoms with Crippen molar-refractivity contribution in [3.8, 4) is 0 Å². The first-order valence-corrected chi connectivity index (χ1v) is 15.4. The minimum atomic E-state index is -1.93. The normalized spacial score (nSPS) is 26.6. The molecule has 0 aromatic heterocycles. The molecule has 0 aromatic rings. The molecule has 0 radical (unpaired) electrons. The third kappa shape index (κ3) is 6.27. The summed E-state index contributed by atoms with van der Waals surface area (Å²) >= 11 is 0. The van der Waals surface area contributed by atoms with E-state index in [1.165, 1.54) is 0 Å². The van der Waals surface area contributed by atoms with Crippen molar-refractivity contribution in [3.63, 3.8) is 0 Å². The lowest BCUT2D eigenvalue weighted by atomic mass is 10.0. The van der Waals surface area contributed by atoms with Crippen molar-refractivity contribution in [1.29, 1.82) is 0 Å². The number of carbonyl (C=O) groups excluding carboxylic acids is 1. The molecule has 4 nitrogen and oxygen atoms in total. The molecule has 1 rings (SSSR count). The molecule has 0 bridgehead atoms. The van der Waals surface area contributed by atoms with Crippen molar-refractivity contribution in [3.05, 3.63) is 0 Å². The van der Waals surface area contributed by atoms with E-state index in [1.807, 2.05) is 0 Å². The lowest BCUT2D eigenvalue weighted by molar-refractivity contribution is -0.179. The quantitative estimate of drug-likeness (QED) is 0.445. The molecular weight excluding hydrogens is 348 g/mol. The second-order valence-corrected chi connectivity index (χ2v) is 20.0. The van der Waals surface area contributed by atoms with E-state index < -0.39 is 16.6 Å². The average molecular weight is 389 g/mol. The van der Waals surface area contributed by atoms with Crippen LogP contribution < -0.4 is 0 Å². The summed E-state index contributed by atoms with van der Waals surface area (Å²) in [4.78, 5) is 11.0. The first-order chi connectivity index (χ1) is 11.1. The molecular formula is C19H40O4Si2. The second kappa shape index (κ2) is 7.92. The van der Waals surface area contributed by atoms with Gasteiger partial charge in [-0.2, -0.15) is 0 Å². The van der Waals surface area contributed by atoms with Crippen molar-refractivity contribution in [2.75, 3.05) is 0 Å². The summed E-state index contributed by atoms with van der Waals surface area (Å²) in [6.45, 7) is 22.5. The zero-order chi connectivity index (χ0) is 19.7. The van der Waals surface area contributed by atoms with Crippen molar-refractivity contribution < 1.29 is 18.4 Å². The highest BCUT2D eigenvalue weighted by Gasteiger charge is 2.44. The number of aldehydes is 1. The van der Waals surface area contributed by atoms with E-state index in [2.05, 4.69) is 67.7 Å². The van der Waals surface area contributed by atoms with Gasteiger partial charge < -0.3 is 18.4 Å². The van der Waals surface area contributed by atoms with Crippen LogP contribution in [0.2, 0.25) is 36.3 Å². The minimum absolute atomic E-state index is 0.101. The summed E-state index contributed by atoms with van der Waals surface area (Å²) in [5, 5.41) is 0.297. The van der Waals surface area contributed by atoms with Gasteiger partial charge in [0.25, 0.3) is 0 Å². The molecule has 0 spiro atoms. The molecule has 3 atom stereocenters. The lowest BCUT2D eigenvalue weighted by Gasteiger charge is -2.45. The molecule has 1 aliphatic rings. The molecule has 0 unspecified atom stereocenters. The van der Waals surface area contributed by atoms with Gasteiger partial charge in [-0.25, -0.2) is 0 Å². The molecule has 1 aliphatic heterocycles. The van der Waals surface area contributed by atoms with Crippen LogP contribution in [0.5, 0.6) is 0 Å². The van der Waals surface area contributed by atoms with Crippen LogP contribution in [-0.2, 0) is 18.4 Å². The summed E-state index contributed by atoms with van der Waals surface area (Å²) < 4.78 is 19.2. The van der Waals surface area contributed by atoms with Crippen LogP contribution in [-0.4, -0.2) is 41.4 Å². The van der Waals surface area contributed by atoms with Gasteiger partial charge in [-0.1, -0.05) is 41.5 Å². The van der Waals surface area contributed by atoms with Gasteiger partial charge in [0.2, 0.25) is 0 Å². The molecule has 1 fully saturated rings. The van der Waals surface area contributed by atoms with Gasteiger partial charge in [0.05, 0.1) is 12.2 Å². The van der Waals surface area contributed by atoms with Crippen LogP contribution in [0.3, 0.4) is 0 Å². The Hall–Kier alpha value is -0.0162. The molecule has 25 heavy (non-hydrogen) atoms. The van der Waals surface area contributed by atoms with E-state index in [4.69, 9.17) is 13.6 Å². The highest BCUT2D eigenvalue weighted by atomic mass is 28.4. The Bertz CT molecular complexity index is 413. The van der Waals surface area contributed by atoms with E-state index in [-0.39, 0.29) is 28.6 Å². The zero-order valence-corrected chi connectivity index (χ0v) is 20.1. The summed E-state index contributed by atoms with van der Waals surface area (Å²) in [7, 11) is -3.79. The Balaban J connectivity index is 2.89. The summed E-state index contributed by atoms with van der Waals surface area (Å²) in [6.07, 6.45) is 2.63. The van der Waals surface area contributed by atoms with Crippen molar-refractivity contribution >= 4 is 22.9 Å².